The molecule has 0 aliphatic heterocycles. The molecule has 1 heterocycles. The number of benzene rings is 1. The molecule has 17 heavy (non-hydrogen) atoms. The number of aromatic carboxylic acids is 1. The average Bonchev–Trinajstić information content (AvgIpc) is 2.59. The summed E-state index contributed by atoms with van der Waals surface area (Å²) in [5.41, 5.74) is 3.36. The summed E-state index contributed by atoms with van der Waals surface area (Å²) in [6, 6.07) is 5.87. The number of hydrogen-bond acceptors (Lipinski definition) is 3. The van der Waals surface area contributed by atoms with Crippen molar-refractivity contribution in [1.29, 1.82) is 0 Å². The lowest BCUT2D eigenvalue weighted by Crippen LogP contribution is -2.03. The minimum absolute atomic E-state index is 0.0100. The number of hydrogen-bond donors (Lipinski definition) is 1. The molecule has 0 amide bonds. The molecule has 0 bridgehead atoms. The molecule has 0 aliphatic rings. The molecule has 0 radical (unpaired) electrons. The highest BCUT2D eigenvalue weighted by atomic mass is 16.4. The molecule has 1 aromatic carbocycles. The SMILES string of the molecule is Cc1cc(C)cc(-n2nc(C)c(C(=O)O)n2)c1. The molecule has 0 saturated carbocycles. The molecule has 2 rings (SSSR count). The van der Waals surface area contributed by atoms with Crippen LogP contribution >= 0.6 is 0 Å². The third kappa shape index (κ3) is 2.18. The van der Waals surface area contributed by atoms with E-state index in [2.05, 4.69) is 10.2 Å². The van der Waals surface area contributed by atoms with Gasteiger partial charge in [-0.25, -0.2) is 4.79 Å². The Bertz CT molecular complexity index is 567. The van der Waals surface area contributed by atoms with Gasteiger partial charge in [0.1, 0.15) is 0 Å². The fraction of sp³-hybridized carbons (Fsp3) is 0.250. The molecule has 0 saturated heterocycles. The van der Waals surface area contributed by atoms with Gasteiger partial charge in [0.2, 0.25) is 0 Å². The van der Waals surface area contributed by atoms with Gasteiger partial charge in [0.15, 0.2) is 5.69 Å². The van der Waals surface area contributed by atoms with Crippen LogP contribution in [0.2, 0.25) is 0 Å². The summed E-state index contributed by atoms with van der Waals surface area (Å²) in [7, 11) is 0. The van der Waals surface area contributed by atoms with Crippen molar-refractivity contribution < 1.29 is 9.90 Å². The van der Waals surface area contributed by atoms with Gasteiger partial charge in [-0.15, -0.1) is 5.10 Å². The number of carboxylic acid groups (broad SMARTS) is 1. The molecule has 0 aliphatic carbocycles. The van der Waals surface area contributed by atoms with Crippen LogP contribution in [0.3, 0.4) is 0 Å². The van der Waals surface area contributed by atoms with Gasteiger partial charge in [0, 0.05) is 0 Å². The van der Waals surface area contributed by atoms with E-state index < -0.39 is 5.97 Å². The molecule has 0 fully saturated rings. The minimum atomic E-state index is -1.06. The highest BCUT2D eigenvalue weighted by Crippen LogP contribution is 2.13. The fourth-order valence-corrected chi connectivity index (χ4v) is 1.76. The molecular formula is C12H13N3O2. The smallest absolute Gasteiger partial charge is 0.358 e. The first-order valence-electron chi connectivity index (χ1n) is 5.23. The van der Waals surface area contributed by atoms with E-state index in [0.717, 1.165) is 16.8 Å². The van der Waals surface area contributed by atoms with Gasteiger partial charge in [0.05, 0.1) is 11.4 Å². The van der Waals surface area contributed by atoms with Crippen LogP contribution in [0.5, 0.6) is 0 Å². The maximum atomic E-state index is 10.9. The van der Waals surface area contributed by atoms with E-state index in [9.17, 15) is 4.79 Å². The molecule has 0 unspecified atom stereocenters. The van der Waals surface area contributed by atoms with Crippen LogP contribution in [-0.2, 0) is 0 Å². The van der Waals surface area contributed by atoms with Crippen LogP contribution in [0.25, 0.3) is 5.69 Å². The number of rotatable bonds is 2. The Morgan fingerprint density at radius 3 is 2.18 bits per heavy atom. The van der Waals surface area contributed by atoms with Crippen LogP contribution in [0.15, 0.2) is 18.2 Å². The highest BCUT2D eigenvalue weighted by Gasteiger charge is 2.14. The first-order valence-corrected chi connectivity index (χ1v) is 5.23. The highest BCUT2D eigenvalue weighted by molar-refractivity contribution is 5.86. The predicted molar refractivity (Wildman–Crippen MR) is 62.5 cm³/mol. The molecule has 88 valence electrons. The molecule has 0 spiro atoms. The van der Waals surface area contributed by atoms with Gasteiger partial charge in [-0.3, -0.25) is 0 Å². The van der Waals surface area contributed by atoms with E-state index in [1.165, 1.54) is 4.80 Å². The van der Waals surface area contributed by atoms with E-state index in [1.54, 1.807) is 6.92 Å². The zero-order valence-corrected chi connectivity index (χ0v) is 9.93. The molecule has 5 nitrogen and oxygen atoms in total. The predicted octanol–water partition coefficient (Wildman–Crippen LogP) is 1.89. The Labute approximate surface area is 98.7 Å². The second kappa shape index (κ2) is 4.01. The summed E-state index contributed by atoms with van der Waals surface area (Å²) >= 11 is 0. The zero-order valence-electron chi connectivity index (χ0n) is 9.93. The van der Waals surface area contributed by atoms with Gasteiger partial charge in [0.25, 0.3) is 0 Å². The third-order valence-electron chi connectivity index (χ3n) is 2.42. The molecule has 1 N–H and O–H groups in total. The Kier molecular flexibility index (Phi) is 2.67. The van der Waals surface area contributed by atoms with Crippen LogP contribution in [0.1, 0.15) is 27.3 Å². The van der Waals surface area contributed by atoms with Crippen LogP contribution in [-0.4, -0.2) is 26.1 Å². The van der Waals surface area contributed by atoms with E-state index in [0.29, 0.717) is 5.69 Å². The summed E-state index contributed by atoms with van der Waals surface area (Å²) < 4.78 is 0. The maximum Gasteiger partial charge on any atom is 0.358 e. The van der Waals surface area contributed by atoms with Crippen LogP contribution in [0, 0.1) is 20.8 Å². The lowest BCUT2D eigenvalue weighted by Gasteiger charge is -2.02. The summed E-state index contributed by atoms with van der Waals surface area (Å²) in [6.07, 6.45) is 0. The van der Waals surface area contributed by atoms with Crippen molar-refractivity contribution in [2.75, 3.05) is 0 Å². The van der Waals surface area contributed by atoms with Crippen molar-refractivity contribution in [3.05, 3.63) is 40.7 Å². The topological polar surface area (TPSA) is 68.0 Å². The Balaban J connectivity index is 2.53. The number of aryl methyl sites for hydroxylation is 3. The van der Waals surface area contributed by atoms with Gasteiger partial charge in [-0.2, -0.15) is 9.90 Å². The van der Waals surface area contributed by atoms with Crippen molar-refractivity contribution in [1.82, 2.24) is 15.0 Å². The quantitative estimate of drug-likeness (QED) is 0.857. The molecule has 0 atom stereocenters. The summed E-state index contributed by atoms with van der Waals surface area (Å²) in [4.78, 5) is 12.2. The number of nitrogens with zero attached hydrogens (tertiary/aromatic N) is 3. The normalized spacial score (nSPS) is 10.5. The van der Waals surface area contributed by atoms with Crippen molar-refractivity contribution in [3.8, 4) is 5.69 Å². The van der Waals surface area contributed by atoms with E-state index in [4.69, 9.17) is 5.11 Å². The lowest BCUT2D eigenvalue weighted by atomic mass is 10.1. The second-order valence-corrected chi connectivity index (χ2v) is 4.07. The van der Waals surface area contributed by atoms with Crippen LogP contribution in [0.4, 0.5) is 0 Å². The van der Waals surface area contributed by atoms with Crippen molar-refractivity contribution in [2.24, 2.45) is 0 Å². The first kappa shape index (κ1) is 11.3. The lowest BCUT2D eigenvalue weighted by molar-refractivity contribution is 0.0689. The minimum Gasteiger partial charge on any atom is -0.476 e. The molecular weight excluding hydrogens is 218 g/mol. The molecule has 1 aromatic heterocycles. The Morgan fingerprint density at radius 1 is 1.12 bits per heavy atom. The van der Waals surface area contributed by atoms with Crippen molar-refractivity contribution in [2.45, 2.75) is 20.8 Å². The monoisotopic (exact) mass is 231 g/mol. The summed E-state index contributed by atoms with van der Waals surface area (Å²) in [6.45, 7) is 5.59. The second-order valence-electron chi connectivity index (χ2n) is 4.07. The maximum absolute atomic E-state index is 10.9. The fourth-order valence-electron chi connectivity index (χ4n) is 1.76. The molecule has 5 heteroatoms. The van der Waals surface area contributed by atoms with Gasteiger partial charge in [-0.05, 0) is 44.0 Å². The van der Waals surface area contributed by atoms with Crippen molar-refractivity contribution in [3.63, 3.8) is 0 Å². The summed E-state index contributed by atoms with van der Waals surface area (Å²) in [5, 5.41) is 17.0. The zero-order chi connectivity index (χ0) is 12.6. The van der Waals surface area contributed by atoms with Gasteiger partial charge in [-0.1, -0.05) is 6.07 Å². The third-order valence-corrected chi connectivity index (χ3v) is 2.42. The summed E-state index contributed by atoms with van der Waals surface area (Å²) in [5.74, 6) is -1.06. The van der Waals surface area contributed by atoms with E-state index in [1.807, 2.05) is 32.0 Å². The molecule has 2 aromatic rings. The Hall–Kier alpha value is -2.17. The largest absolute Gasteiger partial charge is 0.476 e. The van der Waals surface area contributed by atoms with E-state index >= 15 is 0 Å². The Morgan fingerprint density at radius 2 is 1.71 bits per heavy atom. The number of carboxylic acids is 1. The van der Waals surface area contributed by atoms with Gasteiger partial charge >= 0.3 is 5.97 Å². The van der Waals surface area contributed by atoms with Crippen molar-refractivity contribution >= 4 is 5.97 Å². The van der Waals surface area contributed by atoms with E-state index in [-0.39, 0.29) is 5.69 Å². The first-order chi connectivity index (χ1) is 7.97. The average molecular weight is 231 g/mol. The van der Waals surface area contributed by atoms with Gasteiger partial charge < -0.3 is 5.11 Å². The number of carbonyl (C=O) groups is 1. The standard InChI is InChI=1S/C12H13N3O2/c1-7-4-8(2)6-10(5-7)15-13-9(3)11(14-15)12(16)17/h4-6H,1-3H3,(H,16,17). The van der Waals surface area contributed by atoms with Crippen LogP contribution < -0.4 is 0 Å². The number of aromatic nitrogens is 3.